The SMILES string of the molecule is CCCC(O)O.[Na].[Na]. The van der Waals surface area contributed by atoms with Gasteiger partial charge in [0.2, 0.25) is 0 Å². The van der Waals surface area contributed by atoms with Crippen molar-refractivity contribution in [3.8, 4) is 0 Å². The first kappa shape index (κ1) is 16.5. The summed E-state index contributed by atoms with van der Waals surface area (Å²) in [4.78, 5) is 0. The number of rotatable bonds is 2. The van der Waals surface area contributed by atoms with E-state index in [2.05, 4.69) is 0 Å². The molecular formula is C4H10Na2O2. The summed E-state index contributed by atoms with van der Waals surface area (Å²) in [6, 6.07) is 0. The normalized spacial score (nSPS) is 7.50. The van der Waals surface area contributed by atoms with E-state index in [1.165, 1.54) is 0 Å². The molecule has 0 bridgehead atoms. The number of aliphatic hydroxyl groups excluding tert-OH is 1. The molecule has 0 heterocycles. The summed E-state index contributed by atoms with van der Waals surface area (Å²) < 4.78 is 0. The molecule has 0 aromatic rings. The van der Waals surface area contributed by atoms with E-state index in [4.69, 9.17) is 10.2 Å². The molecule has 0 atom stereocenters. The number of hydrogen-bond donors (Lipinski definition) is 2. The predicted octanol–water partition coefficient (Wildman–Crippen LogP) is -0.664. The summed E-state index contributed by atoms with van der Waals surface area (Å²) in [6.07, 6.45) is 0.215. The molecule has 2 radical (unpaired) electrons. The zero-order valence-electron chi connectivity index (χ0n) is 5.89. The van der Waals surface area contributed by atoms with Gasteiger partial charge in [-0.1, -0.05) is 13.3 Å². The molecule has 0 saturated carbocycles. The average Bonchev–Trinajstić information content (AvgIpc) is 1.35. The topological polar surface area (TPSA) is 40.5 Å². The van der Waals surface area contributed by atoms with Crippen LogP contribution in [0.25, 0.3) is 0 Å². The average molecular weight is 136 g/mol. The molecule has 0 aliphatic carbocycles. The summed E-state index contributed by atoms with van der Waals surface area (Å²) >= 11 is 0. The van der Waals surface area contributed by atoms with Crippen LogP contribution in [-0.2, 0) is 0 Å². The van der Waals surface area contributed by atoms with Crippen molar-refractivity contribution in [2.45, 2.75) is 26.1 Å². The van der Waals surface area contributed by atoms with Crippen LogP contribution in [0.2, 0.25) is 0 Å². The van der Waals surface area contributed by atoms with Crippen LogP contribution in [0.3, 0.4) is 0 Å². The fraction of sp³-hybridized carbons (Fsp3) is 1.00. The van der Waals surface area contributed by atoms with Gasteiger partial charge in [0.05, 0.1) is 0 Å². The Kier molecular flexibility index (Phi) is 24.1. The van der Waals surface area contributed by atoms with Crippen LogP contribution in [-0.4, -0.2) is 75.6 Å². The maximum absolute atomic E-state index is 8.11. The number of aliphatic hydroxyl groups is 2. The van der Waals surface area contributed by atoms with E-state index in [1.807, 2.05) is 6.92 Å². The minimum Gasteiger partial charge on any atom is -0.368 e. The third kappa shape index (κ3) is 15.7. The minimum atomic E-state index is -1.10. The number of hydrogen-bond acceptors (Lipinski definition) is 2. The molecule has 8 heavy (non-hydrogen) atoms. The Morgan fingerprint density at radius 3 is 1.62 bits per heavy atom. The van der Waals surface area contributed by atoms with E-state index < -0.39 is 6.29 Å². The maximum Gasteiger partial charge on any atom is 0.151 e. The Hall–Kier alpha value is 1.92. The second-order valence-corrected chi connectivity index (χ2v) is 1.27. The van der Waals surface area contributed by atoms with E-state index in [9.17, 15) is 0 Å². The van der Waals surface area contributed by atoms with Crippen LogP contribution < -0.4 is 0 Å². The smallest absolute Gasteiger partial charge is 0.151 e. The van der Waals surface area contributed by atoms with E-state index in [0.29, 0.717) is 6.42 Å². The first-order valence-electron chi connectivity index (χ1n) is 2.13. The Morgan fingerprint density at radius 2 is 1.62 bits per heavy atom. The van der Waals surface area contributed by atoms with Gasteiger partial charge in [-0.3, -0.25) is 0 Å². The van der Waals surface area contributed by atoms with Crippen LogP contribution in [0.5, 0.6) is 0 Å². The molecule has 0 aliphatic heterocycles. The second kappa shape index (κ2) is 11.7. The van der Waals surface area contributed by atoms with Crippen LogP contribution in [0.4, 0.5) is 0 Å². The van der Waals surface area contributed by atoms with Gasteiger partial charge in [-0.25, -0.2) is 0 Å². The van der Waals surface area contributed by atoms with Gasteiger partial charge in [0.15, 0.2) is 6.29 Å². The molecule has 2 nitrogen and oxygen atoms in total. The van der Waals surface area contributed by atoms with Crippen LogP contribution in [0.1, 0.15) is 19.8 Å². The molecule has 0 spiro atoms. The molecule has 4 heteroatoms. The monoisotopic (exact) mass is 136 g/mol. The first-order chi connectivity index (χ1) is 2.77. The molecule has 40 valence electrons. The molecular weight excluding hydrogens is 126 g/mol. The van der Waals surface area contributed by atoms with Gasteiger partial charge in [0.25, 0.3) is 0 Å². The van der Waals surface area contributed by atoms with Gasteiger partial charge in [-0.2, -0.15) is 0 Å². The first-order valence-corrected chi connectivity index (χ1v) is 2.13. The van der Waals surface area contributed by atoms with Crippen LogP contribution >= 0.6 is 0 Å². The van der Waals surface area contributed by atoms with Gasteiger partial charge in [0, 0.05) is 59.1 Å². The Labute approximate surface area is 94.2 Å². The maximum atomic E-state index is 8.11. The zero-order chi connectivity index (χ0) is 4.99. The van der Waals surface area contributed by atoms with E-state index in [0.717, 1.165) is 6.42 Å². The fourth-order valence-corrected chi connectivity index (χ4v) is 0.258. The van der Waals surface area contributed by atoms with Gasteiger partial charge in [-0.15, -0.1) is 0 Å². The fourth-order valence-electron chi connectivity index (χ4n) is 0.258. The second-order valence-electron chi connectivity index (χ2n) is 1.27. The van der Waals surface area contributed by atoms with E-state index in [1.54, 1.807) is 0 Å². The molecule has 0 unspecified atom stereocenters. The summed E-state index contributed by atoms with van der Waals surface area (Å²) in [5, 5.41) is 16.2. The van der Waals surface area contributed by atoms with Gasteiger partial charge < -0.3 is 10.2 Å². The third-order valence-electron chi connectivity index (χ3n) is 0.547. The Bertz CT molecular complexity index is 33.2. The van der Waals surface area contributed by atoms with Gasteiger partial charge in [0.1, 0.15) is 0 Å². The predicted molar refractivity (Wildman–Crippen MR) is 34.6 cm³/mol. The van der Waals surface area contributed by atoms with Crippen molar-refractivity contribution in [3.63, 3.8) is 0 Å². The summed E-state index contributed by atoms with van der Waals surface area (Å²) in [5.41, 5.74) is 0. The van der Waals surface area contributed by atoms with Crippen LogP contribution in [0, 0.1) is 0 Å². The van der Waals surface area contributed by atoms with E-state index >= 15 is 0 Å². The molecule has 2 N–H and O–H groups in total. The molecule has 0 aromatic heterocycles. The zero-order valence-corrected chi connectivity index (χ0v) is 9.89. The van der Waals surface area contributed by atoms with Crippen LogP contribution in [0.15, 0.2) is 0 Å². The molecule has 0 rings (SSSR count). The third-order valence-corrected chi connectivity index (χ3v) is 0.547. The summed E-state index contributed by atoms with van der Waals surface area (Å²) in [7, 11) is 0. The molecule has 0 saturated heterocycles. The molecule has 0 aliphatic rings. The molecule has 0 amide bonds. The van der Waals surface area contributed by atoms with Crippen molar-refractivity contribution < 1.29 is 10.2 Å². The van der Waals surface area contributed by atoms with Crippen molar-refractivity contribution in [2.24, 2.45) is 0 Å². The van der Waals surface area contributed by atoms with Crippen molar-refractivity contribution in [1.82, 2.24) is 0 Å². The summed E-state index contributed by atoms with van der Waals surface area (Å²) in [5.74, 6) is 0. The van der Waals surface area contributed by atoms with Crippen molar-refractivity contribution >= 4 is 59.1 Å². The summed E-state index contributed by atoms with van der Waals surface area (Å²) in [6.45, 7) is 1.90. The van der Waals surface area contributed by atoms with Crippen molar-refractivity contribution in [2.75, 3.05) is 0 Å². The van der Waals surface area contributed by atoms with E-state index in [-0.39, 0.29) is 59.1 Å². The van der Waals surface area contributed by atoms with Crippen molar-refractivity contribution in [1.29, 1.82) is 0 Å². The van der Waals surface area contributed by atoms with Crippen molar-refractivity contribution in [3.05, 3.63) is 0 Å². The minimum absolute atomic E-state index is 0. The Balaban J connectivity index is -0.000000125. The molecule has 0 aromatic carbocycles. The molecule has 0 fully saturated rings. The standard InChI is InChI=1S/C4H10O2.2Na/c1-2-3-4(5)6;;/h4-6H,2-3H2,1H3;;. The largest absolute Gasteiger partial charge is 0.368 e. The Morgan fingerprint density at radius 1 is 1.25 bits per heavy atom. The van der Waals surface area contributed by atoms with Gasteiger partial charge in [-0.05, 0) is 6.42 Å². The quantitative estimate of drug-likeness (QED) is 0.390. The van der Waals surface area contributed by atoms with Gasteiger partial charge >= 0.3 is 0 Å².